The van der Waals surface area contributed by atoms with Crippen molar-refractivity contribution in [2.24, 2.45) is 0 Å². The van der Waals surface area contributed by atoms with Gasteiger partial charge in [0.15, 0.2) is 0 Å². The zero-order chi connectivity index (χ0) is 26.2. The minimum Gasteiger partial charge on any atom is -0.378 e. The van der Waals surface area contributed by atoms with Gasteiger partial charge in [0.2, 0.25) is 5.91 Å². The summed E-state index contributed by atoms with van der Waals surface area (Å²) in [5.41, 5.74) is 8.66. The second-order valence-corrected chi connectivity index (χ2v) is 11.5. The van der Waals surface area contributed by atoms with Gasteiger partial charge in [-0.25, -0.2) is 4.98 Å². The molecule has 198 valence electrons. The predicted octanol–water partition coefficient (Wildman–Crippen LogP) is 6.89. The molecular weight excluding hydrogens is 504 g/mol. The number of hydrogen-bond donors (Lipinski definition) is 0. The van der Waals surface area contributed by atoms with E-state index in [0.717, 1.165) is 32.6 Å². The van der Waals surface area contributed by atoms with E-state index in [4.69, 9.17) is 9.72 Å². The number of hydrogen-bond acceptors (Lipinski definition) is 5. The Balaban J connectivity index is 1.38. The third kappa shape index (κ3) is 4.64. The molecule has 7 rings (SSSR count). The van der Waals surface area contributed by atoms with E-state index in [0.29, 0.717) is 38.8 Å². The number of carbonyl (C=O) groups is 1. The third-order valence-electron chi connectivity index (χ3n) is 8.33. The number of ether oxygens (including phenoxy) is 1. The average Bonchev–Trinajstić information content (AvgIpc) is 3.65. The van der Waals surface area contributed by atoms with E-state index in [2.05, 4.69) is 64.1 Å². The van der Waals surface area contributed by atoms with Gasteiger partial charge in [-0.05, 0) is 54.2 Å². The highest BCUT2D eigenvalue weighted by Crippen LogP contribution is 2.44. The number of thiazole rings is 1. The Bertz CT molecular complexity index is 1630. The molecule has 0 atom stereocenters. The zero-order valence-corrected chi connectivity index (χ0v) is 22.8. The van der Waals surface area contributed by atoms with Gasteiger partial charge in [0.05, 0.1) is 40.5 Å². The van der Waals surface area contributed by atoms with Gasteiger partial charge in [0, 0.05) is 35.6 Å². The molecule has 4 heterocycles. The maximum atomic E-state index is 13.6. The second kappa shape index (κ2) is 10.5. The Morgan fingerprint density at radius 2 is 1.85 bits per heavy atom. The summed E-state index contributed by atoms with van der Waals surface area (Å²) in [6.45, 7) is 2.88. The van der Waals surface area contributed by atoms with E-state index in [-0.39, 0.29) is 5.91 Å². The first-order valence-electron chi connectivity index (χ1n) is 14.0. The fourth-order valence-electron chi connectivity index (χ4n) is 6.41. The summed E-state index contributed by atoms with van der Waals surface area (Å²) < 4.78 is 7.80. The van der Waals surface area contributed by atoms with Crippen LogP contribution in [0.25, 0.3) is 43.6 Å². The van der Waals surface area contributed by atoms with Crippen molar-refractivity contribution in [3.63, 3.8) is 0 Å². The lowest BCUT2D eigenvalue weighted by Crippen LogP contribution is -2.42. The van der Waals surface area contributed by atoms with Gasteiger partial charge < -0.3 is 14.2 Å². The molecule has 1 saturated heterocycles. The van der Waals surface area contributed by atoms with E-state index >= 15 is 0 Å². The SMILES string of the molecule is O=C(Cn1c(-c2ccc3nc(-c4cncs4)ccc3c2)c(C2CCCCC2)c2ccccc21)N1CCOCC1. The van der Waals surface area contributed by atoms with Crippen molar-refractivity contribution in [2.75, 3.05) is 26.3 Å². The molecule has 1 aliphatic carbocycles. The number of amides is 1. The van der Waals surface area contributed by atoms with Gasteiger partial charge in [-0.3, -0.25) is 9.78 Å². The van der Waals surface area contributed by atoms with Crippen molar-refractivity contribution >= 4 is 39.0 Å². The third-order valence-corrected chi connectivity index (χ3v) is 9.12. The van der Waals surface area contributed by atoms with Crippen LogP contribution >= 0.6 is 11.3 Å². The summed E-state index contributed by atoms with van der Waals surface area (Å²) in [4.78, 5) is 25.7. The van der Waals surface area contributed by atoms with Crippen LogP contribution in [0.1, 0.15) is 43.6 Å². The molecule has 0 bridgehead atoms. The Kier molecular flexibility index (Phi) is 6.62. The molecule has 1 aliphatic heterocycles. The van der Waals surface area contributed by atoms with Gasteiger partial charge in [-0.2, -0.15) is 0 Å². The summed E-state index contributed by atoms with van der Waals surface area (Å²) in [6.07, 6.45) is 8.10. The number of benzene rings is 2. The van der Waals surface area contributed by atoms with Crippen molar-refractivity contribution in [3.05, 3.63) is 71.9 Å². The topological polar surface area (TPSA) is 60.2 Å². The van der Waals surface area contributed by atoms with Crippen molar-refractivity contribution in [2.45, 2.75) is 44.6 Å². The first kappa shape index (κ1) is 24.5. The maximum Gasteiger partial charge on any atom is 0.242 e. The zero-order valence-electron chi connectivity index (χ0n) is 22.0. The number of morpholine rings is 1. The summed E-state index contributed by atoms with van der Waals surface area (Å²) >= 11 is 1.60. The van der Waals surface area contributed by atoms with Gasteiger partial charge in [-0.15, -0.1) is 11.3 Å². The van der Waals surface area contributed by atoms with E-state index in [9.17, 15) is 4.79 Å². The highest BCUT2D eigenvalue weighted by molar-refractivity contribution is 7.13. The molecule has 6 nitrogen and oxygen atoms in total. The Hall–Kier alpha value is -3.55. The van der Waals surface area contributed by atoms with E-state index in [1.807, 2.05) is 16.6 Å². The van der Waals surface area contributed by atoms with E-state index in [1.165, 1.54) is 48.7 Å². The minimum absolute atomic E-state index is 0.159. The summed E-state index contributed by atoms with van der Waals surface area (Å²) in [6, 6.07) is 19.5. The lowest BCUT2D eigenvalue weighted by molar-refractivity contribution is -0.135. The highest BCUT2D eigenvalue weighted by Gasteiger charge is 2.28. The molecule has 0 spiro atoms. The smallest absolute Gasteiger partial charge is 0.242 e. The number of carbonyl (C=O) groups excluding carboxylic acids is 1. The van der Waals surface area contributed by atoms with Crippen LogP contribution in [0.4, 0.5) is 0 Å². The molecule has 5 aromatic rings. The molecule has 2 aliphatic rings. The average molecular weight is 537 g/mol. The molecule has 0 radical (unpaired) electrons. The number of para-hydroxylation sites is 1. The van der Waals surface area contributed by atoms with Crippen LogP contribution in [0.15, 0.2) is 66.3 Å². The quantitative estimate of drug-likeness (QED) is 0.246. The van der Waals surface area contributed by atoms with Gasteiger partial charge in [0.25, 0.3) is 0 Å². The van der Waals surface area contributed by atoms with Crippen LogP contribution in [-0.2, 0) is 16.1 Å². The van der Waals surface area contributed by atoms with Crippen LogP contribution in [0.5, 0.6) is 0 Å². The number of pyridine rings is 1. The fourth-order valence-corrected chi connectivity index (χ4v) is 7.00. The molecule has 2 fully saturated rings. The van der Waals surface area contributed by atoms with Crippen molar-refractivity contribution in [1.82, 2.24) is 19.4 Å². The molecule has 1 saturated carbocycles. The minimum atomic E-state index is 0.159. The first-order chi connectivity index (χ1) is 19.3. The molecule has 7 heteroatoms. The normalized spacial score (nSPS) is 16.8. The monoisotopic (exact) mass is 536 g/mol. The van der Waals surface area contributed by atoms with E-state index < -0.39 is 0 Å². The first-order valence-corrected chi connectivity index (χ1v) is 14.9. The molecule has 2 aromatic carbocycles. The van der Waals surface area contributed by atoms with Gasteiger partial charge in [0.1, 0.15) is 6.54 Å². The highest BCUT2D eigenvalue weighted by atomic mass is 32.1. The number of fused-ring (bicyclic) bond motifs is 2. The number of rotatable bonds is 5. The predicted molar refractivity (Wildman–Crippen MR) is 157 cm³/mol. The largest absolute Gasteiger partial charge is 0.378 e. The Morgan fingerprint density at radius 3 is 2.67 bits per heavy atom. The Morgan fingerprint density at radius 1 is 1.00 bits per heavy atom. The fraction of sp³-hybridized carbons (Fsp3) is 0.344. The summed E-state index contributed by atoms with van der Waals surface area (Å²) in [5, 5.41) is 2.39. The Labute approximate surface area is 232 Å². The van der Waals surface area contributed by atoms with Crippen LogP contribution in [0, 0.1) is 0 Å². The second-order valence-electron chi connectivity index (χ2n) is 10.7. The summed E-state index contributed by atoms with van der Waals surface area (Å²) in [7, 11) is 0. The standard InChI is InChI=1S/C32H32N4O2S/c37-30(35-14-16-38-17-15-35)20-36-28-9-5-4-8-25(28)31(22-6-2-1-3-7-22)32(36)24-11-12-26-23(18-24)10-13-27(34-26)29-19-33-21-39-29/h4-5,8-13,18-19,21-22H,1-3,6-7,14-17,20H2. The molecule has 0 unspecified atom stereocenters. The molecule has 0 N–H and O–H groups in total. The lowest BCUT2D eigenvalue weighted by Gasteiger charge is -2.28. The number of aromatic nitrogens is 3. The molecule has 3 aromatic heterocycles. The molecule has 39 heavy (non-hydrogen) atoms. The van der Waals surface area contributed by atoms with Crippen molar-refractivity contribution < 1.29 is 9.53 Å². The van der Waals surface area contributed by atoms with Crippen LogP contribution in [0.3, 0.4) is 0 Å². The maximum absolute atomic E-state index is 13.6. The van der Waals surface area contributed by atoms with Crippen molar-refractivity contribution in [1.29, 1.82) is 0 Å². The molecular formula is C32H32N4O2S. The van der Waals surface area contributed by atoms with Gasteiger partial charge in [-0.1, -0.05) is 49.6 Å². The number of nitrogens with zero attached hydrogens (tertiary/aromatic N) is 4. The van der Waals surface area contributed by atoms with E-state index in [1.54, 1.807) is 11.3 Å². The van der Waals surface area contributed by atoms with Crippen LogP contribution < -0.4 is 0 Å². The van der Waals surface area contributed by atoms with Gasteiger partial charge >= 0.3 is 0 Å². The lowest BCUT2D eigenvalue weighted by atomic mass is 9.82. The molecule has 1 amide bonds. The van der Waals surface area contributed by atoms with Crippen molar-refractivity contribution in [3.8, 4) is 21.8 Å². The van der Waals surface area contributed by atoms with Crippen LogP contribution in [0.2, 0.25) is 0 Å². The summed E-state index contributed by atoms with van der Waals surface area (Å²) in [5.74, 6) is 0.660. The van der Waals surface area contributed by atoms with Crippen LogP contribution in [-0.4, -0.2) is 51.6 Å².